The van der Waals surface area contributed by atoms with Crippen LogP contribution in [0.15, 0.2) is 58.8 Å². The van der Waals surface area contributed by atoms with Gasteiger partial charge in [-0.05, 0) is 69.3 Å². The molecule has 1 aliphatic heterocycles. The number of rotatable bonds is 7. The second kappa shape index (κ2) is 21.6. The van der Waals surface area contributed by atoms with Crippen LogP contribution in [0.1, 0.15) is 159 Å². The van der Waals surface area contributed by atoms with E-state index in [2.05, 4.69) is 116 Å². The summed E-state index contributed by atoms with van der Waals surface area (Å²) in [4.78, 5) is 1.27. The Labute approximate surface area is 351 Å². The molecular weight excluding hydrogens is 816 g/mol. The van der Waals surface area contributed by atoms with Gasteiger partial charge in [0.1, 0.15) is 0 Å². The number of halogens is 2. The molecule has 3 saturated carbocycles. The van der Waals surface area contributed by atoms with Crippen molar-refractivity contribution in [2.45, 2.75) is 173 Å². The second-order valence-corrected chi connectivity index (χ2v) is 21.6. The molecule has 2 aromatic carbocycles. The average Bonchev–Trinajstić information content (AvgIpc) is 3.54. The first-order valence-electron chi connectivity index (χ1n) is 20.4. The first-order valence-corrected chi connectivity index (χ1v) is 23.8. The van der Waals surface area contributed by atoms with Crippen molar-refractivity contribution in [2.24, 2.45) is 0 Å². The maximum absolute atomic E-state index is 3.92. The van der Waals surface area contributed by atoms with E-state index < -0.39 is 0 Å². The fourth-order valence-electron chi connectivity index (χ4n) is 10.5. The molecule has 0 aromatic heterocycles. The van der Waals surface area contributed by atoms with Crippen LogP contribution < -0.4 is 35.4 Å². The molecular formula is C46H65Cl2N2PRuS. The first kappa shape index (κ1) is 44.8. The van der Waals surface area contributed by atoms with Crippen molar-refractivity contribution in [1.82, 2.24) is 10.6 Å². The van der Waals surface area contributed by atoms with Crippen LogP contribution in [-0.4, -0.2) is 20.9 Å². The van der Waals surface area contributed by atoms with Gasteiger partial charge in [-0.2, -0.15) is 0 Å². The molecule has 0 bridgehead atoms. The van der Waals surface area contributed by atoms with Gasteiger partial charge in [0.15, 0.2) is 0 Å². The molecule has 0 spiro atoms. The SMILES string of the molecule is C1CCC(P(C2CCCCC2)C2CCCCC2)CC1.Cc1cc(C)c(C2NC(=C3C=C(S[CH]=[Ru+2])C=CC3)NC2c2c(C)cc(C)cc2C)c(C)c1.[Cl-].[Cl-]. The van der Waals surface area contributed by atoms with Crippen LogP contribution in [0.4, 0.5) is 0 Å². The number of nitrogens with one attached hydrogen (secondary N) is 2. The van der Waals surface area contributed by atoms with Crippen LogP contribution in [-0.2, 0) is 17.9 Å². The minimum Gasteiger partial charge on any atom is -1.00 e. The predicted molar refractivity (Wildman–Crippen MR) is 223 cm³/mol. The molecule has 7 rings (SSSR count). The summed E-state index contributed by atoms with van der Waals surface area (Å²) >= 11 is 4.34. The van der Waals surface area contributed by atoms with Crippen molar-refractivity contribution in [1.29, 1.82) is 0 Å². The monoisotopic (exact) mass is 880 g/mol. The number of aryl methyl sites for hydroxylation is 6. The molecule has 2 aromatic rings. The Morgan fingerprint density at radius 3 is 1.34 bits per heavy atom. The molecule has 1 heterocycles. The summed E-state index contributed by atoms with van der Waals surface area (Å²) < 4.78 is 2.07. The van der Waals surface area contributed by atoms with E-state index in [-0.39, 0.29) is 36.9 Å². The largest absolute Gasteiger partial charge is 1.00 e. The third-order valence-electron chi connectivity index (χ3n) is 12.5. The fourth-order valence-corrected chi connectivity index (χ4v) is 16.3. The standard InChI is InChI=1S/C28H32N2S.C18H33P.2ClH.Ru/c1-16-11-18(3)24(19(4)12-16)26-27(25-20(5)13-17(2)14-21(25)6)30-28(29-26)22-9-8-10-23(15-22)31-7;1-4-10-16(11-5-1)19(17-12-6-2-7-13-17)18-14-8-3-9-15-18;;;/h7-8,10-15,26-27,29-30H,9H2,1-6H3;16-18H,1-15H2;2*1H;/q;;;;+2/p-2. The van der Waals surface area contributed by atoms with E-state index in [1.165, 1.54) is 91.2 Å². The van der Waals surface area contributed by atoms with Crippen molar-refractivity contribution in [3.05, 3.63) is 103 Å². The van der Waals surface area contributed by atoms with Gasteiger partial charge in [-0.3, -0.25) is 0 Å². The molecule has 4 aliphatic carbocycles. The van der Waals surface area contributed by atoms with Gasteiger partial charge in [-0.15, -0.1) is 0 Å². The molecule has 0 amide bonds. The van der Waals surface area contributed by atoms with Crippen LogP contribution in [0, 0.1) is 41.5 Å². The third kappa shape index (κ3) is 11.4. The maximum atomic E-state index is 3.92. The zero-order chi connectivity index (χ0) is 35.9. The number of allylic oxidation sites excluding steroid dienone is 4. The predicted octanol–water partition coefficient (Wildman–Crippen LogP) is 7.08. The van der Waals surface area contributed by atoms with E-state index >= 15 is 0 Å². The van der Waals surface area contributed by atoms with E-state index in [1.807, 2.05) is 0 Å². The molecule has 4 fully saturated rings. The summed E-state index contributed by atoms with van der Waals surface area (Å²) in [5, 5.41) is 7.85. The summed E-state index contributed by atoms with van der Waals surface area (Å²) in [7, 11) is 0.385. The van der Waals surface area contributed by atoms with Gasteiger partial charge in [0.2, 0.25) is 0 Å². The Morgan fingerprint density at radius 2 is 0.981 bits per heavy atom. The Morgan fingerprint density at radius 1 is 0.604 bits per heavy atom. The average molecular weight is 881 g/mol. The van der Waals surface area contributed by atoms with Crippen molar-refractivity contribution < 1.29 is 42.7 Å². The summed E-state index contributed by atoms with van der Waals surface area (Å²) in [5.41, 5.74) is 15.8. The molecule has 2 unspecified atom stereocenters. The minimum absolute atomic E-state index is 0. The molecule has 5 aliphatic rings. The van der Waals surface area contributed by atoms with E-state index in [0.29, 0.717) is 7.92 Å². The number of benzene rings is 2. The molecule has 2 N–H and O–H groups in total. The van der Waals surface area contributed by atoms with E-state index in [1.54, 1.807) is 88.8 Å². The summed E-state index contributed by atoms with van der Waals surface area (Å²) in [6, 6.07) is 9.62. The fraction of sp³-hybridized carbons (Fsp3) is 0.587. The van der Waals surface area contributed by atoms with Crippen molar-refractivity contribution in [2.75, 3.05) is 0 Å². The summed E-state index contributed by atoms with van der Waals surface area (Å²) in [6.07, 6.45) is 31.3. The number of thioether (sulfide) groups is 1. The third-order valence-corrected chi connectivity index (χ3v) is 17.8. The Bertz CT molecular complexity index is 1460. The molecule has 0 radical (unpaired) electrons. The van der Waals surface area contributed by atoms with Gasteiger partial charge in [0.25, 0.3) is 0 Å². The van der Waals surface area contributed by atoms with Crippen LogP contribution in [0.3, 0.4) is 0 Å². The Kier molecular flexibility index (Phi) is 18.3. The molecule has 53 heavy (non-hydrogen) atoms. The van der Waals surface area contributed by atoms with Crippen molar-refractivity contribution in [3.63, 3.8) is 0 Å². The summed E-state index contributed by atoms with van der Waals surface area (Å²) in [5.74, 6) is 1.16. The van der Waals surface area contributed by atoms with Crippen molar-refractivity contribution >= 4 is 23.6 Å². The molecule has 2 atom stereocenters. The van der Waals surface area contributed by atoms with Gasteiger partial charge < -0.3 is 24.8 Å². The van der Waals surface area contributed by atoms with Crippen LogP contribution >= 0.6 is 19.7 Å². The van der Waals surface area contributed by atoms with E-state index in [0.717, 1.165) is 12.2 Å². The van der Waals surface area contributed by atoms with Gasteiger partial charge >= 0.3 is 194 Å². The number of hydrogen-bond acceptors (Lipinski definition) is 3. The minimum atomic E-state index is 0. The quantitative estimate of drug-likeness (QED) is 0.230. The number of hydrogen-bond donors (Lipinski definition) is 2. The van der Waals surface area contributed by atoms with Crippen molar-refractivity contribution in [3.8, 4) is 0 Å². The van der Waals surface area contributed by atoms with E-state index in [4.69, 9.17) is 0 Å². The van der Waals surface area contributed by atoms with Crippen LogP contribution in [0.2, 0.25) is 0 Å². The smallest absolute Gasteiger partial charge is 1.00 e. The van der Waals surface area contributed by atoms with Gasteiger partial charge in [0.05, 0.1) is 0 Å². The van der Waals surface area contributed by atoms with Gasteiger partial charge in [-0.1, -0.05) is 65.7 Å². The normalized spacial score (nSPS) is 22.5. The molecule has 1 saturated heterocycles. The topological polar surface area (TPSA) is 24.1 Å². The zero-order valence-corrected chi connectivity index (χ0v) is 38.2. The Hall–Kier alpha value is -0.887. The maximum Gasteiger partial charge on any atom is -1.00 e. The van der Waals surface area contributed by atoms with E-state index in [9.17, 15) is 0 Å². The second-order valence-electron chi connectivity index (χ2n) is 16.4. The summed E-state index contributed by atoms with van der Waals surface area (Å²) in [6.45, 7) is 13.4. The van der Waals surface area contributed by atoms with Crippen LogP contribution in [0.25, 0.3) is 0 Å². The van der Waals surface area contributed by atoms with Crippen LogP contribution in [0.5, 0.6) is 0 Å². The first-order chi connectivity index (χ1) is 24.7. The van der Waals surface area contributed by atoms with Gasteiger partial charge in [-0.25, -0.2) is 0 Å². The Balaban J connectivity index is 0.000000256. The zero-order valence-electron chi connectivity index (χ0n) is 33.3. The van der Waals surface area contributed by atoms with Gasteiger partial charge in [0, 0.05) is 0 Å². The molecule has 7 heteroatoms. The molecule has 2 nitrogen and oxygen atoms in total. The molecule has 292 valence electrons.